The number of benzene rings is 1. The lowest BCUT2D eigenvalue weighted by Crippen LogP contribution is -2.38. The molecule has 0 unspecified atom stereocenters. The minimum atomic E-state index is 0.666. The fourth-order valence-electron chi connectivity index (χ4n) is 3.18. The molecule has 0 saturated carbocycles. The zero-order chi connectivity index (χ0) is 18.4. The molecule has 0 fully saturated rings. The van der Waals surface area contributed by atoms with E-state index in [1.54, 1.807) is 7.05 Å². The topological polar surface area (TPSA) is 65.1 Å². The summed E-state index contributed by atoms with van der Waals surface area (Å²) in [7, 11) is 1.79. The number of rotatable bonds is 6. The van der Waals surface area contributed by atoms with Crippen LogP contribution in [-0.4, -0.2) is 29.5 Å². The van der Waals surface area contributed by atoms with Gasteiger partial charge in [-0.3, -0.25) is 9.98 Å². The number of para-hydroxylation sites is 1. The first kappa shape index (κ1) is 18.0. The average Bonchev–Trinajstić information content (AvgIpc) is 3.09. The van der Waals surface area contributed by atoms with E-state index in [1.807, 2.05) is 12.3 Å². The Hall–Kier alpha value is -2.82. The summed E-state index contributed by atoms with van der Waals surface area (Å²) in [5.41, 5.74) is 6.18. The molecule has 5 nitrogen and oxygen atoms in total. The van der Waals surface area contributed by atoms with Crippen LogP contribution >= 0.6 is 0 Å². The fourth-order valence-corrected chi connectivity index (χ4v) is 3.18. The van der Waals surface area contributed by atoms with Crippen LogP contribution in [0.15, 0.2) is 47.7 Å². The molecule has 3 aromatic rings. The number of nitrogens with zero attached hydrogens (tertiary/aromatic N) is 2. The molecule has 3 rings (SSSR count). The second-order valence-corrected chi connectivity index (χ2v) is 6.38. The first-order chi connectivity index (χ1) is 12.7. The summed E-state index contributed by atoms with van der Waals surface area (Å²) >= 11 is 0. The van der Waals surface area contributed by atoms with Crippen LogP contribution in [0.5, 0.6) is 0 Å². The molecule has 2 aromatic heterocycles. The summed E-state index contributed by atoms with van der Waals surface area (Å²) in [6.07, 6.45) is 5.93. The van der Waals surface area contributed by atoms with Crippen LogP contribution in [0.4, 0.5) is 0 Å². The standard InChI is InChI=1S/C21H27N5/c1-4-16-8-5-9-18-17(13-25-20(16)18)10-12-24-21(22-3)26-14-19-15(2)7-6-11-23-19/h5-9,11,13,25H,4,10,12,14H2,1-3H3,(H2,22,24,26). The zero-order valence-electron chi connectivity index (χ0n) is 15.8. The third-order valence-corrected chi connectivity index (χ3v) is 4.72. The molecular formula is C21H27N5. The van der Waals surface area contributed by atoms with Crippen LogP contribution in [0.25, 0.3) is 10.9 Å². The largest absolute Gasteiger partial charge is 0.361 e. The molecule has 136 valence electrons. The number of guanidine groups is 1. The molecule has 3 N–H and O–H groups in total. The van der Waals surface area contributed by atoms with Gasteiger partial charge >= 0.3 is 0 Å². The molecule has 0 aliphatic rings. The van der Waals surface area contributed by atoms with Crippen molar-refractivity contribution in [2.75, 3.05) is 13.6 Å². The summed E-state index contributed by atoms with van der Waals surface area (Å²) < 4.78 is 0. The van der Waals surface area contributed by atoms with E-state index in [4.69, 9.17) is 0 Å². The number of aromatic amines is 1. The number of hydrogen-bond donors (Lipinski definition) is 3. The number of hydrogen-bond acceptors (Lipinski definition) is 2. The maximum absolute atomic E-state index is 4.41. The third kappa shape index (κ3) is 4.04. The maximum atomic E-state index is 4.41. The number of nitrogens with one attached hydrogen (secondary N) is 3. The van der Waals surface area contributed by atoms with Crippen molar-refractivity contribution in [3.8, 4) is 0 Å². The highest BCUT2D eigenvalue weighted by Gasteiger charge is 2.07. The van der Waals surface area contributed by atoms with Gasteiger partial charge in [0.1, 0.15) is 0 Å². The summed E-state index contributed by atoms with van der Waals surface area (Å²) in [6, 6.07) is 10.5. The molecule has 0 spiro atoms. The molecule has 0 bridgehead atoms. The van der Waals surface area contributed by atoms with Crippen LogP contribution in [0.3, 0.4) is 0 Å². The van der Waals surface area contributed by atoms with Crippen molar-refractivity contribution < 1.29 is 0 Å². The number of pyridine rings is 1. The van der Waals surface area contributed by atoms with Crippen LogP contribution in [0, 0.1) is 6.92 Å². The first-order valence-electron chi connectivity index (χ1n) is 9.15. The normalized spacial score (nSPS) is 11.7. The molecule has 0 radical (unpaired) electrons. The second kappa shape index (κ2) is 8.52. The Kier molecular flexibility index (Phi) is 5.89. The van der Waals surface area contributed by atoms with Gasteiger partial charge in [0.25, 0.3) is 0 Å². The lowest BCUT2D eigenvalue weighted by atomic mass is 10.1. The van der Waals surface area contributed by atoms with E-state index in [1.165, 1.54) is 27.6 Å². The quantitative estimate of drug-likeness (QED) is 0.472. The molecule has 0 atom stereocenters. The van der Waals surface area contributed by atoms with Gasteiger partial charge in [-0.2, -0.15) is 0 Å². The second-order valence-electron chi connectivity index (χ2n) is 6.38. The van der Waals surface area contributed by atoms with Gasteiger partial charge in [0, 0.05) is 36.9 Å². The van der Waals surface area contributed by atoms with Gasteiger partial charge in [-0.05, 0) is 42.5 Å². The Morgan fingerprint density at radius 2 is 2.04 bits per heavy atom. The first-order valence-corrected chi connectivity index (χ1v) is 9.15. The molecule has 0 amide bonds. The molecule has 5 heteroatoms. The van der Waals surface area contributed by atoms with Crippen molar-refractivity contribution in [1.29, 1.82) is 0 Å². The van der Waals surface area contributed by atoms with E-state index >= 15 is 0 Å². The van der Waals surface area contributed by atoms with Gasteiger partial charge in [-0.15, -0.1) is 0 Å². The van der Waals surface area contributed by atoms with Gasteiger partial charge in [0.2, 0.25) is 0 Å². The highest BCUT2D eigenvalue weighted by Crippen LogP contribution is 2.22. The van der Waals surface area contributed by atoms with Crippen LogP contribution in [0.1, 0.15) is 29.3 Å². The molecule has 26 heavy (non-hydrogen) atoms. The van der Waals surface area contributed by atoms with Crippen LogP contribution < -0.4 is 10.6 Å². The van der Waals surface area contributed by atoms with E-state index in [9.17, 15) is 0 Å². The highest BCUT2D eigenvalue weighted by atomic mass is 15.2. The van der Waals surface area contributed by atoms with Crippen molar-refractivity contribution in [3.63, 3.8) is 0 Å². The third-order valence-electron chi connectivity index (χ3n) is 4.72. The summed E-state index contributed by atoms with van der Waals surface area (Å²) in [4.78, 5) is 12.1. The maximum Gasteiger partial charge on any atom is 0.191 e. The molecule has 0 saturated heterocycles. The minimum Gasteiger partial charge on any atom is -0.361 e. The minimum absolute atomic E-state index is 0.666. The predicted octanol–water partition coefficient (Wildman–Crippen LogP) is 3.34. The van der Waals surface area contributed by atoms with Crippen molar-refractivity contribution in [2.45, 2.75) is 33.2 Å². The Labute approximate surface area is 155 Å². The lowest BCUT2D eigenvalue weighted by molar-refractivity contribution is 0.781. The summed E-state index contributed by atoms with van der Waals surface area (Å²) in [5.74, 6) is 0.796. The van der Waals surface area contributed by atoms with E-state index in [2.05, 4.69) is 69.9 Å². The lowest BCUT2D eigenvalue weighted by Gasteiger charge is -2.12. The van der Waals surface area contributed by atoms with E-state index < -0.39 is 0 Å². The van der Waals surface area contributed by atoms with Gasteiger partial charge in [0.15, 0.2) is 5.96 Å². The summed E-state index contributed by atoms with van der Waals surface area (Å²) in [5, 5.41) is 8.04. The highest BCUT2D eigenvalue weighted by molar-refractivity contribution is 5.86. The van der Waals surface area contributed by atoms with Gasteiger partial charge in [-0.25, -0.2) is 0 Å². The number of aliphatic imine (C=N–C) groups is 1. The van der Waals surface area contributed by atoms with Crippen molar-refractivity contribution in [3.05, 3.63) is 65.1 Å². The predicted molar refractivity (Wildman–Crippen MR) is 109 cm³/mol. The molecule has 1 aromatic carbocycles. The van der Waals surface area contributed by atoms with E-state index in [-0.39, 0.29) is 0 Å². The van der Waals surface area contributed by atoms with Gasteiger partial charge in [-0.1, -0.05) is 31.2 Å². The fraction of sp³-hybridized carbons (Fsp3) is 0.333. The molecule has 0 aliphatic carbocycles. The van der Waals surface area contributed by atoms with Crippen LogP contribution in [0.2, 0.25) is 0 Å². The van der Waals surface area contributed by atoms with E-state index in [0.717, 1.165) is 31.0 Å². The van der Waals surface area contributed by atoms with Crippen molar-refractivity contribution in [2.24, 2.45) is 4.99 Å². The molecular weight excluding hydrogens is 322 g/mol. The SMILES string of the molecule is CCc1cccc2c(CCNC(=NC)NCc3ncccc3C)c[nH]c12. The van der Waals surface area contributed by atoms with Crippen molar-refractivity contribution in [1.82, 2.24) is 20.6 Å². The Morgan fingerprint density at radius 1 is 1.15 bits per heavy atom. The van der Waals surface area contributed by atoms with Gasteiger partial charge < -0.3 is 15.6 Å². The number of H-pyrrole nitrogens is 1. The average molecular weight is 349 g/mol. The smallest absolute Gasteiger partial charge is 0.191 e. The van der Waals surface area contributed by atoms with Gasteiger partial charge in [0.05, 0.1) is 12.2 Å². The Bertz CT molecular complexity index is 894. The molecule has 0 aliphatic heterocycles. The summed E-state index contributed by atoms with van der Waals surface area (Å²) in [6.45, 7) is 5.75. The Balaban J connectivity index is 1.56. The monoisotopic (exact) mass is 349 g/mol. The Morgan fingerprint density at radius 3 is 2.81 bits per heavy atom. The zero-order valence-corrected chi connectivity index (χ0v) is 15.8. The van der Waals surface area contributed by atoms with Crippen LogP contribution in [-0.2, 0) is 19.4 Å². The number of aromatic nitrogens is 2. The number of aryl methyl sites for hydroxylation is 2. The molecule has 2 heterocycles. The van der Waals surface area contributed by atoms with E-state index in [0.29, 0.717) is 6.54 Å². The number of fused-ring (bicyclic) bond motifs is 1. The van der Waals surface area contributed by atoms with Crippen molar-refractivity contribution >= 4 is 16.9 Å².